The van der Waals surface area contributed by atoms with Crippen LogP contribution >= 0.6 is 0 Å². The van der Waals surface area contributed by atoms with Crippen LogP contribution in [0.5, 0.6) is 0 Å². The second-order valence-electron chi connectivity index (χ2n) is 4.83. The Kier molecular flexibility index (Phi) is 5.13. The lowest BCUT2D eigenvalue weighted by Crippen LogP contribution is -2.11. The van der Waals surface area contributed by atoms with Gasteiger partial charge < -0.3 is 10.2 Å². The first-order valence-corrected chi connectivity index (χ1v) is 6.69. The molecule has 2 nitrogen and oxygen atoms in total. The van der Waals surface area contributed by atoms with Gasteiger partial charge in [-0.15, -0.1) is 0 Å². The van der Waals surface area contributed by atoms with Crippen LogP contribution in [0, 0.1) is 5.92 Å². The first-order valence-electron chi connectivity index (χ1n) is 6.69. The number of hydrogen-bond donors (Lipinski definition) is 2. The van der Waals surface area contributed by atoms with Crippen molar-refractivity contribution < 1.29 is 10.2 Å². The summed E-state index contributed by atoms with van der Waals surface area (Å²) in [6.45, 7) is 0.108. The molecule has 0 aliphatic carbocycles. The van der Waals surface area contributed by atoms with Crippen molar-refractivity contribution in [3.8, 4) is 11.1 Å². The second kappa shape index (κ2) is 7.07. The van der Waals surface area contributed by atoms with Crippen molar-refractivity contribution in [3.63, 3.8) is 0 Å². The highest BCUT2D eigenvalue weighted by molar-refractivity contribution is 5.63. The Morgan fingerprint density at radius 3 is 1.89 bits per heavy atom. The van der Waals surface area contributed by atoms with Crippen molar-refractivity contribution in [3.05, 3.63) is 60.2 Å². The van der Waals surface area contributed by atoms with Gasteiger partial charge in [0.25, 0.3) is 0 Å². The molecule has 19 heavy (non-hydrogen) atoms. The zero-order chi connectivity index (χ0) is 13.5. The molecule has 0 atom stereocenters. The number of aryl methyl sites for hydroxylation is 1. The van der Waals surface area contributed by atoms with E-state index in [-0.39, 0.29) is 19.1 Å². The quantitative estimate of drug-likeness (QED) is 0.834. The fraction of sp³-hybridized carbons (Fsp3) is 0.294. The van der Waals surface area contributed by atoms with E-state index in [2.05, 4.69) is 36.4 Å². The van der Waals surface area contributed by atoms with Crippen molar-refractivity contribution in [2.24, 2.45) is 5.92 Å². The van der Waals surface area contributed by atoms with Gasteiger partial charge in [0.1, 0.15) is 0 Å². The van der Waals surface area contributed by atoms with Gasteiger partial charge in [-0.05, 0) is 29.5 Å². The lowest BCUT2D eigenvalue weighted by Gasteiger charge is -2.10. The molecule has 0 aliphatic heterocycles. The van der Waals surface area contributed by atoms with Crippen molar-refractivity contribution in [1.82, 2.24) is 0 Å². The van der Waals surface area contributed by atoms with E-state index in [4.69, 9.17) is 10.2 Å². The highest BCUT2D eigenvalue weighted by atomic mass is 16.3. The van der Waals surface area contributed by atoms with Crippen LogP contribution in [-0.4, -0.2) is 23.4 Å². The van der Waals surface area contributed by atoms with Gasteiger partial charge in [0.05, 0.1) is 0 Å². The molecule has 2 N–H and O–H groups in total. The molecule has 0 amide bonds. The van der Waals surface area contributed by atoms with Gasteiger partial charge in [0.2, 0.25) is 0 Å². The number of benzene rings is 2. The molecule has 2 aromatic carbocycles. The van der Waals surface area contributed by atoms with Gasteiger partial charge >= 0.3 is 0 Å². The van der Waals surface area contributed by atoms with Crippen LogP contribution in [0.2, 0.25) is 0 Å². The Labute approximate surface area is 114 Å². The van der Waals surface area contributed by atoms with Gasteiger partial charge in [0, 0.05) is 19.1 Å². The molecule has 0 saturated heterocycles. The molecule has 2 heteroatoms. The molecule has 0 heterocycles. The van der Waals surface area contributed by atoms with Crippen molar-refractivity contribution >= 4 is 0 Å². The number of aliphatic hydroxyl groups is 2. The lowest BCUT2D eigenvalue weighted by atomic mass is 9.98. The SMILES string of the molecule is OCC(CO)CCc1ccc(-c2ccccc2)cc1. The predicted octanol–water partition coefficient (Wildman–Crippen LogP) is 2.89. The van der Waals surface area contributed by atoms with Crippen molar-refractivity contribution in [1.29, 1.82) is 0 Å². The minimum atomic E-state index is -0.00574. The maximum atomic E-state index is 9.04. The Hall–Kier alpha value is -1.64. The van der Waals surface area contributed by atoms with Gasteiger partial charge in [-0.3, -0.25) is 0 Å². The zero-order valence-electron chi connectivity index (χ0n) is 11.0. The normalized spacial score (nSPS) is 10.9. The predicted molar refractivity (Wildman–Crippen MR) is 77.9 cm³/mol. The summed E-state index contributed by atoms with van der Waals surface area (Å²) in [5, 5.41) is 18.1. The number of rotatable bonds is 6. The highest BCUT2D eigenvalue weighted by Gasteiger charge is 2.06. The first kappa shape index (κ1) is 13.8. The van der Waals surface area contributed by atoms with E-state index < -0.39 is 0 Å². The minimum absolute atomic E-state index is 0.00574. The largest absolute Gasteiger partial charge is 0.396 e. The second-order valence-corrected chi connectivity index (χ2v) is 4.83. The van der Waals surface area contributed by atoms with Crippen LogP contribution in [0.3, 0.4) is 0 Å². The van der Waals surface area contributed by atoms with E-state index in [0.29, 0.717) is 0 Å². The standard InChI is InChI=1S/C17H20O2/c18-12-15(13-19)7-6-14-8-10-17(11-9-14)16-4-2-1-3-5-16/h1-5,8-11,15,18-19H,6-7,12-13H2. The van der Waals surface area contributed by atoms with Gasteiger partial charge in [-0.2, -0.15) is 0 Å². The van der Waals surface area contributed by atoms with Gasteiger partial charge in [0.15, 0.2) is 0 Å². The molecule has 0 saturated carbocycles. The summed E-state index contributed by atoms with van der Waals surface area (Å²) in [4.78, 5) is 0. The van der Waals surface area contributed by atoms with E-state index in [9.17, 15) is 0 Å². The molecule has 2 aromatic rings. The Morgan fingerprint density at radius 2 is 1.32 bits per heavy atom. The summed E-state index contributed by atoms with van der Waals surface area (Å²) >= 11 is 0. The monoisotopic (exact) mass is 256 g/mol. The summed E-state index contributed by atoms with van der Waals surface area (Å²) in [7, 11) is 0. The zero-order valence-corrected chi connectivity index (χ0v) is 11.0. The summed E-state index contributed by atoms with van der Waals surface area (Å²) in [6, 6.07) is 18.8. The van der Waals surface area contributed by atoms with E-state index in [1.54, 1.807) is 0 Å². The van der Waals surface area contributed by atoms with Gasteiger partial charge in [-0.25, -0.2) is 0 Å². The highest BCUT2D eigenvalue weighted by Crippen LogP contribution is 2.20. The molecule has 0 spiro atoms. The minimum Gasteiger partial charge on any atom is -0.396 e. The number of hydrogen-bond acceptors (Lipinski definition) is 2. The topological polar surface area (TPSA) is 40.5 Å². The summed E-state index contributed by atoms with van der Waals surface area (Å²) < 4.78 is 0. The summed E-state index contributed by atoms with van der Waals surface area (Å²) in [5.41, 5.74) is 3.68. The molecule has 0 bridgehead atoms. The van der Waals surface area contributed by atoms with Crippen LogP contribution in [-0.2, 0) is 6.42 Å². The Morgan fingerprint density at radius 1 is 0.737 bits per heavy atom. The Balaban J connectivity index is 1.99. The summed E-state index contributed by atoms with van der Waals surface area (Å²) in [5.74, 6) is -0.00574. The molecular formula is C17H20O2. The number of aliphatic hydroxyl groups excluding tert-OH is 2. The average Bonchev–Trinajstić information content (AvgIpc) is 2.50. The third-order valence-corrected chi connectivity index (χ3v) is 3.42. The molecule has 0 aliphatic rings. The average molecular weight is 256 g/mol. The van der Waals surface area contributed by atoms with Crippen LogP contribution in [0.1, 0.15) is 12.0 Å². The molecular weight excluding hydrogens is 236 g/mol. The maximum Gasteiger partial charge on any atom is 0.0481 e. The third kappa shape index (κ3) is 3.91. The van der Waals surface area contributed by atoms with E-state index in [0.717, 1.165) is 12.8 Å². The van der Waals surface area contributed by atoms with Crippen LogP contribution in [0.15, 0.2) is 54.6 Å². The molecule has 0 radical (unpaired) electrons. The van der Waals surface area contributed by atoms with Crippen molar-refractivity contribution in [2.45, 2.75) is 12.8 Å². The van der Waals surface area contributed by atoms with Crippen molar-refractivity contribution in [2.75, 3.05) is 13.2 Å². The van der Waals surface area contributed by atoms with Crippen LogP contribution < -0.4 is 0 Å². The molecule has 0 fully saturated rings. The van der Waals surface area contributed by atoms with E-state index in [1.165, 1.54) is 16.7 Å². The lowest BCUT2D eigenvalue weighted by molar-refractivity contribution is 0.144. The maximum absolute atomic E-state index is 9.04. The molecule has 100 valence electrons. The van der Waals surface area contributed by atoms with Crippen LogP contribution in [0.25, 0.3) is 11.1 Å². The van der Waals surface area contributed by atoms with E-state index in [1.807, 2.05) is 18.2 Å². The molecule has 0 aromatic heterocycles. The molecule has 2 rings (SSSR count). The molecule has 0 unspecified atom stereocenters. The van der Waals surface area contributed by atoms with Crippen LogP contribution in [0.4, 0.5) is 0 Å². The fourth-order valence-electron chi connectivity index (χ4n) is 2.11. The Bertz CT molecular complexity index is 472. The first-order chi connectivity index (χ1) is 9.33. The summed E-state index contributed by atoms with van der Waals surface area (Å²) in [6.07, 6.45) is 1.71. The third-order valence-electron chi connectivity index (χ3n) is 3.42. The van der Waals surface area contributed by atoms with Gasteiger partial charge in [-0.1, -0.05) is 54.6 Å². The van der Waals surface area contributed by atoms with E-state index >= 15 is 0 Å². The smallest absolute Gasteiger partial charge is 0.0481 e. The fourth-order valence-corrected chi connectivity index (χ4v) is 2.11.